The van der Waals surface area contributed by atoms with Crippen molar-refractivity contribution in [2.75, 3.05) is 0 Å². The summed E-state index contributed by atoms with van der Waals surface area (Å²) >= 11 is 0. The van der Waals surface area contributed by atoms with Gasteiger partial charge in [-0.15, -0.1) is 0 Å². The fraction of sp³-hybridized carbons (Fsp3) is 0.500. The number of aryl methyl sites for hydroxylation is 3. The van der Waals surface area contributed by atoms with Crippen LogP contribution in [-0.2, 0) is 19.4 Å². The van der Waals surface area contributed by atoms with Gasteiger partial charge in [-0.05, 0) is 31.7 Å². The third-order valence-corrected chi connectivity index (χ3v) is 3.46. The Hall–Kier alpha value is -1.68. The average molecular weight is 272 g/mol. The van der Waals surface area contributed by atoms with Crippen molar-refractivity contribution in [3.8, 4) is 0 Å². The summed E-state index contributed by atoms with van der Waals surface area (Å²) in [6.07, 6.45) is 5.48. The van der Waals surface area contributed by atoms with Crippen LogP contribution in [0, 0.1) is 6.92 Å². The Morgan fingerprint density at radius 3 is 2.95 bits per heavy atom. The Labute approximate surface area is 121 Å². The van der Waals surface area contributed by atoms with Crippen LogP contribution >= 0.6 is 0 Å². The van der Waals surface area contributed by atoms with Crippen LogP contribution in [0.3, 0.4) is 0 Å². The number of aromatic nitrogens is 3. The summed E-state index contributed by atoms with van der Waals surface area (Å²) in [7, 11) is 0. The summed E-state index contributed by atoms with van der Waals surface area (Å²) in [6, 6.07) is 8.76. The van der Waals surface area contributed by atoms with Gasteiger partial charge in [0.15, 0.2) is 0 Å². The predicted octanol–water partition coefficient (Wildman–Crippen LogP) is 2.50. The summed E-state index contributed by atoms with van der Waals surface area (Å²) in [5.41, 5.74) is 8.90. The molecule has 1 unspecified atom stereocenters. The molecule has 2 rings (SSSR count). The molecule has 1 aromatic carbocycles. The Morgan fingerprint density at radius 1 is 1.35 bits per heavy atom. The SMILES string of the molecule is CCCn1ncnc1CC(N)CCc1cccc(C)c1. The molecule has 0 aliphatic heterocycles. The molecule has 2 N–H and O–H groups in total. The van der Waals surface area contributed by atoms with E-state index in [0.29, 0.717) is 0 Å². The summed E-state index contributed by atoms with van der Waals surface area (Å²) in [5, 5.41) is 4.24. The molecule has 0 bridgehead atoms. The van der Waals surface area contributed by atoms with E-state index in [4.69, 9.17) is 5.73 Å². The van der Waals surface area contributed by atoms with Gasteiger partial charge in [0.25, 0.3) is 0 Å². The minimum absolute atomic E-state index is 0.135. The quantitative estimate of drug-likeness (QED) is 0.842. The zero-order chi connectivity index (χ0) is 14.4. The molecule has 4 heteroatoms. The molecular formula is C16H24N4. The lowest BCUT2D eigenvalue weighted by Crippen LogP contribution is -2.25. The van der Waals surface area contributed by atoms with E-state index >= 15 is 0 Å². The molecule has 1 heterocycles. The molecule has 2 aromatic rings. The van der Waals surface area contributed by atoms with Crippen LogP contribution in [0.4, 0.5) is 0 Å². The first-order valence-corrected chi connectivity index (χ1v) is 7.37. The van der Waals surface area contributed by atoms with Gasteiger partial charge in [-0.3, -0.25) is 4.68 Å². The highest BCUT2D eigenvalue weighted by molar-refractivity contribution is 5.22. The summed E-state index contributed by atoms with van der Waals surface area (Å²) in [6.45, 7) is 5.18. The lowest BCUT2D eigenvalue weighted by atomic mass is 10.0. The maximum absolute atomic E-state index is 6.23. The van der Waals surface area contributed by atoms with E-state index in [1.165, 1.54) is 11.1 Å². The van der Waals surface area contributed by atoms with E-state index in [2.05, 4.69) is 48.2 Å². The van der Waals surface area contributed by atoms with Crippen LogP contribution in [0.15, 0.2) is 30.6 Å². The van der Waals surface area contributed by atoms with Crippen LogP contribution in [-0.4, -0.2) is 20.8 Å². The molecule has 0 amide bonds. The first-order valence-electron chi connectivity index (χ1n) is 7.37. The van der Waals surface area contributed by atoms with Crippen molar-refractivity contribution in [2.45, 2.75) is 52.1 Å². The summed E-state index contributed by atoms with van der Waals surface area (Å²) in [4.78, 5) is 4.32. The zero-order valence-electron chi connectivity index (χ0n) is 12.4. The van der Waals surface area contributed by atoms with E-state index < -0.39 is 0 Å². The molecule has 1 aromatic heterocycles. The van der Waals surface area contributed by atoms with E-state index in [1.54, 1.807) is 6.33 Å². The first kappa shape index (κ1) is 14.7. The molecule has 0 radical (unpaired) electrons. The Morgan fingerprint density at radius 2 is 2.20 bits per heavy atom. The minimum Gasteiger partial charge on any atom is -0.327 e. The van der Waals surface area contributed by atoms with Crippen LogP contribution in [0.1, 0.15) is 36.7 Å². The van der Waals surface area contributed by atoms with Crippen LogP contribution < -0.4 is 5.73 Å². The third kappa shape index (κ3) is 4.17. The second-order valence-electron chi connectivity index (χ2n) is 5.39. The van der Waals surface area contributed by atoms with E-state index in [0.717, 1.165) is 38.1 Å². The Bertz CT molecular complexity index is 533. The number of rotatable bonds is 7. The maximum Gasteiger partial charge on any atom is 0.138 e. The number of hydrogen-bond acceptors (Lipinski definition) is 3. The van der Waals surface area contributed by atoms with Gasteiger partial charge in [-0.25, -0.2) is 4.98 Å². The van der Waals surface area contributed by atoms with Gasteiger partial charge in [-0.1, -0.05) is 36.8 Å². The van der Waals surface area contributed by atoms with Gasteiger partial charge in [0.1, 0.15) is 12.2 Å². The highest BCUT2D eigenvalue weighted by atomic mass is 15.3. The topological polar surface area (TPSA) is 56.7 Å². The lowest BCUT2D eigenvalue weighted by Gasteiger charge is -2.12. The van der Waals surface area contributed by atoms with Crippen molar-refractivity contribution in [1.29, 1.82) is 0 Å². The number of hydrogen-bond donors (Lipinski definition) is 1. The molecular weight excluding hydrogens is 248 g/mol. The van der Waals surface area contributed by atoms with Crippen molar-refractivity contribution in [2.24, 2.45) is 5.73 Å². The van der Waals surface area contributed by atoms with E-state index in [-0.39, 0.29) is 6.04 Å². The second-order valence-corrected chi connectivity index (χ2v) is 5.39. The molecule has 0 aliphatic rings. The zero-order valence-corrected chi connectivity index (χ0v) is 12.4. The highest BCUT2D eigenvalue weighted by Crippen LogP contribution is 2.09. The van der Waals surface area contributed by atoms with Crippen LogP contribution in [0.5, 0.6) is 0 Å². The number of nitrogens with two attached hydrogens (primary N) is 1. The molecule has 0 spiro atoms. The second kappa shape index (κ2) is 7.20. The van der Waals surface area contributed by atoms with Gasteiger partial charge in [0.05, 0.1) is 0 Å². The van der Waals surface area contributed by atoms with Gasteiger partial charge in [0.2, 0.25) is 0 Å². The van der Waals surface area contributed by atoms with Crippen LogP contribution in [0.25, 0.3) is 0 Å². The minimum atomic E-state index is 0.135. The van der Waals surface area contributed by atoms with Gasteiger partial charge >= 0.3 is 0 Å². The summed E-state index contributed by atoms with van der Waals surface area (Å²) < 4.78 is 1.96. The molecule has 108 valence electrons. The van der Waals surface area contributed by atoms with E-state index in [9.17, 15) is 0 Å². The maximum atomic E-state index is 6.23. The third-order valence-electron chi connectivity index (χ3n) is 3.46. The molecule has 0 fully saturated rings. The van der Waals surface area contributed by atoms with Crippen molar-refractivity contribution in [3.05, 3.63) is 47.5 Å². The van der Waals surface area contributed by atoms with Gasteiger partial charge < -0.3 is 5.73 Å². The van der Waals surface area contributed by atoms with Crippen molar-refractivity contribution >= 4 is 0 Å². The van der Waals surface area contributed by atoms with Crippen molar-refractivity contribution in [1.82, 2.24) is 14.8 Å². The lowest BCUT2D eigenvalue weighted by molar-refractivity contribution is 0.527. The molecule has 1 atom stereocenters. The van der Waals surface area contributed by atoms with Gasteiger partial charge in [0, 0.05) is 19.0 Å². The van der Waals surface area contributed by atoms with Crippen molar-refractivity contribution < 1.29 is 0 Å². The van der Waals surface area contributed by atoms with Crippen molar-refractivity contribution in [3.63, 3.8) is 0 Å². The largest absolute Gasteiger partial charge is 0.327 e. The Balaban J connectivity index is 1.86. The fourth-order valence-electron chi connectivity index (χ4n) is 2.40. The molecule has 20 heavy (non-hydrogen) atoms. The normalized spacial score (nSPS) is 12.6. The fourth-order valence-corrected chi connectivity index (χ4v) is 2.40. The molecule has 4 nitrogen and oxygen atoms in total. The smallest absolute Gasteiger partial charge is 0.138 e. The summed E-state index contributed by atoms with van der Waals surface area (Å²) in [5.74, 6) is 1.00. The molecule has 0 saturated carbocycles. The standard InChI is InChI=1S/C16H24N4/c1-3-9-20-16(18-12-19-20)11-15(17)8-7-14-6-4-5-13(2)10-14/h4-6,10,12,15H,3,7-9,11,17H2,1-2H3. The number of benzene rings is 1. The van der Waals surface area contributed by atoms with Crippen LogP contribution in [0.2, 0.25) is 0 Å². The Kier molecular flexibility index (Phi) is 5.30. The first-order chi connectivity index (χ1) is 9.69. The monoisotopic (exact) mass is 272 g/mol. The predicted molar refractivity (Wildman–Crippen MR) is 81.5 cm³/mol. The molecule has 0 saturated heterocycles. The number of nitrogens with zero attached hydrogens (tertiary/aromatic N) is 3. The molecule has 0 aliphatic carbocycles. The highest BCUT2D eigenvalue weighted by Gasteiger charge is 2.10. The van der Waals surface area contributed by atoms with Gasteiger partial charge in [-0.2, -0.15) is 5.10 Å². The van der Waals surface area contributed by atoms with E-state index in [1.807, 2.05) is 4.68 Å². The average Bonchev–Trinajstić information content (AvgIpc) is 2.84.